The summed E-state index contributed by atoms with van der Waals surface area (Å²) in [7, 11) is 0. The van der Waals surface area contributed by atoms with E-state index < -0.39 is 0 Å². The van der Waals surface area contributed by atoms with Gasteiger partial charge in [0.05, 0.1) is 44.5 Å². The number of hydrogen-bond donors (Lipinski definition) is 0. The molecule has 0 aliphatic carbocycles. The molecular formula is C110H80BN5S. The lowest BCUT2D eigenvalue weighted by Crippen LogP contribution is -2.61. The predicted molar refractivity (Wildman–Crippen MR) is 501 cm³/mol. The van der Waals surface area contributed by atoms with Crippen LogP contribution in [-0.4, -0.2) is 20.4 Å². The van der Waals surface area contributed by atoms with Gasteiger partial charge >= 0.3 is 0 Å². The summed E-state index contributed by atoms with van der Waals surface area (Å²) in [4.78, 5) is 5.40. The molecule has 0 saturated carbocycles. The fraction of sp³-hybridized carbons (Fsp3) is 0.0727. The minimum Gasteiger partial charge on any atom is -0.311 e. The van der Waals surface area contributed by atoms with Gasteiger partial charge in [-0.2, -0.15) is 0 Å². The number of nitrogens with zero attached hydrogens (tertiary/aromatic N) is 5. The summed E-state index contributed by atoms with van der Waals surface area (Å²) in [5.74, 6) is 0. The van der Waals surface area contributed by atoms with Crippen LogP contribution >= 0.6 is 11.3 Å². The molecule has 0 fully saturated rings. The topological polar surface area (TPSA) is 21.3 Å². The Morgan fingerprint density at radius 2 is 0.658 bits per heavy atom. The zero-order chi connectivity index (χ0) is 78.1. The highest BCUT2D eigenvalue weighted by Crippen LogP contribution is 2.54. The molecule has 17 aromatic carbocycles. The summed E-state index contributed by atoms with van der Waals surface area (Å²) in [6, 6.07) is 143. The largest absolute Gasteiger partial charge is 0.311 e. The highest BCUT2D eigenvalue weighted by molar-refractivity contribution is 7.25. The van der Waals surface area contributed by atoms with Gasteiger partial charge in [-0.15, -0.1) is 11.3 Å². The van der Waals surface area contributed by atoms with E-state index in [1.54, 1.807) is 0 Å². The normalized spacial score (nSPS) is 12.8. The number of para-hydroxylation sites is 6. The van der Waals surface area contributed by atoms with Crippen LogP contribution in [0, 0.1) is 0 Å². The first-order chi connectivity index (χ1) is 57.3. The van der Waals surface area contributed by atoms with Crippen molar-refractivity contribution in [3.05, 3.63) is 387 Å². The lowest BCUT2D eigenvalue weighted by molar-refractivity contribution is 0.590. The van der Waals surface area contributed by atoms with Crippen molar-refractivity contribution in [1.82, 2.24) is 13.7 Å². The van der Waals surface area contributed by atoms with E-state index in [1.807, 2.05) is 11.3 Å². The highest BCUT2D eigenvalue weighted by Gasteiger charge is 2.46. The molecule has 0 saturated heterocycles. The second kappa shape index (κ2) is 26.3. The Bertz CT molecular complexity index is 7510. The van der Waals surface area contributed by atoms with Gasteiger partial charge in [-0.25, -0.2) is 0 Å². The average molecular weight is 1510 g/mol. The third kappa shape index (κ3) is 10.8. The Morgan fingerprint density at radius 1 is 0.231 bits per heavy atom. The van der Waals surface area contributed by atoms with Gasteiger partial charge in [0.25, 0.3) is 6.71 Å². The van der Waals surface area contributed by atoms with Crippen molar-refractivity contribution in [3.8, 4) is 72.7 Å². The fourth-order valence-electron chi connectivity index (χ4n) is 19.5. The number of thiophene rings is 1. The van der Waals surface area contributed by atoms with Gasteiger partial charge in [0, 0.05) is 103 Å². The lowest BCUT2D eigenvalue weighted by Gasteiger charge is -2.45. The van der Waals surface area contributed by atoms with Gasteiger partial charge in [0.2, 0.25) is 0 Å². The highest BCUT2D eigenvalue weighted by atomic mass is 32.1. The summed E-state index contributed by atoms with van der Waals surface area (Å²) in [6.45, 7) is 14.0. The molecule has 0 atom stereocenters. The Kier molecular flexibility index (Phi) is 15.4. The predicted octanol–water partition coefficient (Wildman–Crippen LogP) is 28.4. The Morgan fingerprint density at radius 3 is 1.18 bits per heavy atom. The molecule has 23 rings (SSSR count). The average Bonchev–Trinajstić information content (AvgIpc) is 0.821. The molecule has 117 heavy (non-hydrogen) atoms. The minimum absolute atomic E-state index is 0.257. The molecule has 4 aromatic heterocycles. The van der Waals surface area contributed by atoms with Crippen LogP contribution in [0.4, 0.5) is 34.1 Å². The number of anilines is 6. The van der Waals surface area contributed by atoms with E-state index in [2.05, 4.69) is 441 Å². The maximum atomic E-state index is 2.70. The monoisotopic (exact) mass is 1510 g/mol. The first-order valence-electron chi connectivity index (χ1n) is 40.9. The third-order valence-electron chi connectivity index (χ3n) is 25.1. The second-order valence-corrected chi connectivity index (χ2v) is 35.0. The molecule has 6 heterocycles. The van der Waals surface area contributed by atoms with Crippen LogP contribution in [0.1, 0.15) is 52.7 Å². The van der Waals surface area contributed by atoms with Crippen molar-refractivity contribution in [1.29, 1.82) is 0 Å². The summed E-state index contributed by atoms with van der Waals surface area (Å²) in [5.41, 5.74) is 33.8. The molecular weight excluding hydrogens is 1430 g/mol. The molecule has 21 aromatic rings. The molecule has 0 bridgehead atoms. The van der Waals surface area contributed by atoms with Crippen LogP contribution in [0.2, 0.25) is 0 Å². The van der Waals surface area contributed by atoms with Crippen molar-refractivity contribution < 1.29 is 0 Å². The van der Waals surface area contributed by atoms with E-state index in [4.69, 9.17) is 0 Å². The number of rotatable bonds is 10. The molecule has 7 heteroatoms. The minimum atomic E-state index is -0.293. The van der Waals surface area contributed by atoms with Gasteiger partial charge < -0.3 is 23.5 Å². The maximum absolute atomic E-state index is 2.70. The second-order valence-electron chi connectivity index (χ2n) is 34.0. The van der Waals surface area contributed by atoms with Crippen molar-refractivity contribution in [2.75, 3.05) is 9.80 Å². The van der Waals surface area contributed by atoms with Crippen LogP contribution in [0.15, 0.2) is 376 Å². The third-order valence-corrected chi connectivity index (χ3v) is 26.2. The van der Waals surface area contributed by atoms with Crippen molar-refractivity contribution in [2.24, 2.45) is 0 Å². The molecule has 5 nitrogen and oxygen atoms in total. The van der Waals surface area contributed by atoms with Crippen LogP contribution in [0.25, 0.3) is 158 Å². The standard InChI is InChI=1S/C110H80BN5S/c1-109(2,3)76-58-74(70-32-12-8-13-33-70)59-80(64-76)114-100-67-78(112-93-43-23-16-36-81(93)82-37-17-24-44-94(82)112)52-55-91(100)111-92-56-53-79(113-95-45-25-18-38-83(95)84-39-19-26-46-96(84)113)68-101(92)116(99-57-51-72(69-30-10-7-11-31-69)60-89(99)71-34-14-9-15-35-71)104-62-75(61-103(114)108(104)111)107-90(73-50-54-88-87-42-22-29-49-105(87)117-106(88)63-73)65-77(110(4,5)6)66-102(107)115-97-47-27-20-40-85(97)86-41-21-28-48-98(86)115/h7-68H,1-6H3. The maximum Gasteiger partial charge on any atom is 0.252 e. The quantitative estimate of drug-likeness (QED) is 0.127. The van der Waals surface area contributed by atoms with Gasteiger partial charge in [0.15, 0.2) is 0 Å². The van der Waals surface area contributed by atoms with Crippen molar-refractivity contribution >= 4 is 154 Å². The Balaban J connectivity index is 0.921. The van der Waals surface area contributed by atoms with E-state index in [1.165, 1.54) is 80.0 Å². The number of hydrogen-bond acceptors (Lipinski definition) is 3. The zero-order valence-electron chi connectivity index (χ0n) is 66.0. The van der Waals surface area contributed by atoms with Crippen LogP contribution in [0.3, 0.4) is 0 Å². The summed E-state index contributed by atoms with van der Waals surface area (Å²) in [5, 5.41) is 9.84. The van der Waals surface area contributed by atoms with E-state index in [0.717, 1.165) is 140 Å². The van der Waals surface area contributed by atoms with E-state index in [9.17, 15) is 0 Å². The van der Waals surface area contributed by atoms with Gasteiger partial charge in [-0.1, -0.05) is 296 Å². The molecule has 554 valence electrons. The smallest absolute Gasteiger partial charge is 0.252 e. The molecule has 2 aliphatic rings. The molecule has 0 unspecified atom stereocenters. The van der Waals surface area contributed by atoms with Gasteiger partial charge in [-0.05, 0) is 204 Å². The summed E-state index contributed by atoms with van der Waals surface area (Å²) >= 11 is 1.88. The van der Waals surface area contributed by atoms with Crippen LogP contribution in [-0.2, 0) is 10.8 Å². The van der Waals surface area contributed by atoms with Gasteiger partial charge in [0.1, 0.15) is 0 Å². The summed E-state index contributed by atoms with van der Waals surface area (Å²) in [6.07, 6.45) is 0. The van der Waals surface area contributed by atoms with E-state index >= 15 is 0 Å². The molecule has 2 aliphatic heterocycles. The number of benzene rings is 17. The van der Waals surface area contributed by atoms with E-state index in [0.29, 0.717) is 0 Å². The Labute approximate surface area is 685 Å². The van der Waals surface area contributed by atoms with Gasteiger partial charge in [-0.3, -0.25) is 0 Å². The first-order valence-corrected chi connectivity index (χ1v) is 41.7. The number of aromatic nitrogens is 3. The van der Waals surface area contributed by atoms with Crippen molar-refractivity contribution in [2.45, 2.75) is 52.4 Å². The van der Waals surface area contributed by atoms with Crippen LogP contribution < -0.4 is 26.2 Å². The summed E-state index contributed by atoms with van der Waals surface area (Å²) < 4.78 is 10.2. The zero-order valence-corrected chi connectivity index (χ0v) is 66.8. The number of fused-ring (bicyclic) bond motifs is 16. The molecule has 0 N–H and O–H groups in total. The lowest BCUT2D eigenvalue weighted by atomic mass is 9.33. The molecule has 0 radical (unpaired) electrons. The fourth-order valence-corrected chi connectivity index (χ4v) is 20.7. The molecule has 0 amide bonds. The SMILES string of the molecule is CC(C)(C)c1cc(-c2ccccc2)cc(N2c3cc(-n4c5ccccc5c5ccccc54)ccc3B3c4ccc(-n5c6ccccc6c6ccccc65)cc4N(c4ccc(-c5ccccc5)cc4-c4ccccc4)c4cc(-c5c(-c6ccc7c(c6)sc6ccccc67)cc(C(C)(C)C)cc5-n5c6ccccc6c6ccccc65)cc2c43)c1. The Hall–Kier alpha value is -14.0. The van der Waals surface area contributed by atoms with E-state index in [-0.39, 0.29) is 17.5 Å². The first kappa shape index (κ1) is 68.6. The molecule has 0 spiro atoms. The van der Waals surface area contributed by atoms with Crippen molar-refractivity contribution in [3.63, 3.8) is 0 Å². The van der Waals surface area contributed by atoms with Crippen LogP contribution in [0.5, 0.6) is 0 Å².